The van der Waals surface area contributed by atoms with Gasteiger partial charge < -0.3 is 4.90 Å². The van der Waals surface area contributed by atoms with Gasteiger partial charge in [0.2, 0.25) is 0 Å². The van der Waals surface area contributed by atoms with Crippen molar-refractivity contribution in [3.8, 4) is 0 Å². The van der Waals surface area contributed by atoms with E-state index in [0.717, 1.165) is 26.1 Å². The molecule has 2 aliphatic heterocycles. The van der Waals surface area contributed by atoms with Crippen LogP contribution < -0.4 is 0 Å². The number of imide groups is 1. The minimum absolute atomic E-state index is 0.0241. The number of hydrogen-bond acceptors (Lipinski definition) is 4. The third kappa shape index (κ3) is 4.09. The van der Waals surface area contributed by atoms with Gasteiger partial charge in [0, 0.05) is 51.5 Å². The van der Waals surface area contributed by atoms with Gasteiger partial charge in [0.15, 0.2) is 0 Å². The zero-order valence-electron chi connectivity index (χ0n) is 18.0. The molecule has 1 aromatic rings. The van der Waals surface area contributed by atoms with Crippen LogP contribution in [0.2, 0.25) is 0 Å². The molecule has 0 unspecified atom stereocenters. The smallest absolute Gasteiger partial charge is 0.309 e. The average molecular weight is 390 g/mol. The lowest BCUT2D eigenvalue weighted by Crippen LogP contribution is -2.56. The number of aromatic nitrogens is 2. The van der Waals surface area contributed by atoms with Crippen molar-refractivity contribution in [2.45, 2.75) is 59.0 Å². The molecule has 7 nitrogen and oxygen atoms in total. The van der Waals surface area contributed by atoms with Crippen LogP contribution in [0.15, 0.2) is 12.4 Å². The van der Waals surface area contributed by atoms with E-state index in [1.807, 2.05) is 29.0 Å². The first-order chi connectivity index (χ1) is 13.2. The van der Waals surface area contributed by atoms with Gasteiger partial charge in [-0.3, -0.25) is 19.3 Å². The van der Waals surface area contributed by atoms with E-state index in [1.165, 1.54) is 10.5 Å². The van der Waals surface area contributed by atoms with E-state index in [0.29, 0.717) is 31.8 Å². The van der Waals surface area contributed by atoms with Crippen LogP contribution in [-0.4, -0.2) is 68.1 Å². The number of urea groups is 1. The van der Waals surface area contributed by atoms with Crippen molar-refractivity contribution in [1.29, 1.82) is 0 Å². The Morgan fingerprint density at radius 2 is 1.79 bits per heavy atom. The van der Waals surface area contributed by atoms with Crippen molar-refractivity contribution < 1.29 is 9.59 Å². The van der Waals surface area contributed by atoms with Gasteiger partial charge in [-0.25, -0.2) is 4.79 Å². The first kappa shape index (κ1) is 20.8. The number of carbonyl (C=O) groups excluding carboxylic acids is 2. The van der Waals surface area contributed by atoms with Crippen LogP contribution in [-0.2, 0) is 18.4 Å². The lowest BCUT2D eigenvalue weighted by Gasteiger charge is -2.42. The second-order valence-corrected chi connectivity index (χ2v) is 9.26. The first-order valence-electron chi connectivity index (χ1n) is 10.6. The maximum Gasteiger partial charge on any atom is 0.327 e. The maximum atomic E-state index is 13.4. The summed E-state index contributed by atoms with van der Waals surface area (Å²) in [7, 11) is 1.92. The average Bonchev–Trinajstić information content (AvgIpc) is 3.11. The Morgan fingerprint density at radius 1 is 1.11 bits per heavy atom. The normalized spacial score (nSPS) is 20.4. The van der Waals surface area contributed by atoms with Crippen molar-refractivity contribution in [3.63, 3.8) is 0 Å². The molecule has 1 aromatic heterocycles. The van der Waals surface area contributed by atoms with Crippen LogP contribution in [0.4, 0.5) is 4.79 Å². The minimum atomic E-state index is -0.647. The van der Waals surface area contributed by atoms with Crippen molar-refractivity contribution in [3.05, 3.63) is 18.0 Å². The second-order valence-electron chi connectivity index (χ2n) is 9.26. The molecule has 2 saturated heterocycles. The fraction of sp³-hybridized carbons (Fsp3) is 0.762. The summed E-state index contributed by atoms with van der Waals surface area (Å²) in [5.74, 6) is 0.807. The van der Waals surface area contributed by atoms with E-state index in [4.69, 9.17) is 0 Å². The third-order valence-corrected chi connectivity index (χ3v) is 5.95. The predicted molar refractivity (Wildman–Crippen MR) is 109 cm³/mol. The van der Waals surface area contributed by atoms with Crippen molar-refractivity contribution in [2.24, 2.45) is 18.9 Å². The topological polar surface area (TPSA) is 61.7 Å². The first-order valence-corrected chi connectivity index (χ1v) is 10.6. The number of aryl methyl sites for hydroxylation is 1. The molecule has 0 bridgehead atoms. The van der Waals surface area contributed by atoms with Gasteiger partial charge in [-0.1, -0.05) is 27.7 Å². The summed E-state index contributed by atoms with van der Waals surface area (Å²) in [6, 6.07) is -0.0833. The lowest BCUT2D eigenvalue weighted by atomic mass is 9.85. The number of nitrogens with zero attached hydrogens (tertiary/aromatic N) is 5. The molecule has 2 fully saturated rings. The van der Waals surface area contributed by atoms with E-state index < -0.39 is 5.54 Å². The summed E-state index contributed by atoms with van der Waals surface area (Å²) in [5.41, 5.74) is 0.539. The summed E-state index contributed by atoms with van der Waals surface area (Å²) in [6.07, 6.45) is 6.28. The van der Waals surface area contributed by atoms with Gasteiger partial charge in [-0.2, -0.15) is 5.10 Å². The van der Waals surface area contributed by atoms with E-state index in [2.05, 4.69) is 37.7 Å². The lowest BCUT2D eigenvalue weighted by molar-refractivity contribution is -0.136. The highest BCUT2D eigenvalue weighted by Gasteiger charge is 2.57. The summed E-state index contributed by atoms with van der Waals surface area (Å²) < 4.78 is 1.82. The Morgan fingerprint density at radius 3 is 2.32 bits per heavy atom. The number of amides is 3. The molecule has 2 aliphatic rings. The van der Waals surface area contributed by atoms with Crippen LogP contribution >= 0.6 is 0 Å². The summed E-state index contributed by atoms with van der Waals surface area (Å²) in [6.45, 7) is 12.1. The van der Waals surface area contributed by atoms with Gasteiger partial charge in [-0.15, -0.1) is 0 Å². The standard InChI is InChI=1S/C21H35N5O2/c1-16(2)6-9-26-20(28)25(13-17(3)4)19(27)21(26)7-10-24(11-8-21)15-18-12-22-23(5)14-18/h12,14,16-17H,6-11,13,15H2,1-5H3. The zero-order valence-corrected chi connectivity index (χ0v) is 18.0. The van der Waals surface area contributed by atoms with E-state index in [-0.39, 0.29) is 17.9 Å². The molecule has 0 aliphatic carbocycles. The molecule has 3 amide bonds. The molecule has 156 valence electrons. The second kappa shape index (κ2) is 8.23. The molecule has 0 saturated carbocycles. The molecule has 28 heavy (non-hydrogen) atoms. The molecular weight excluding hydrogens is 354 g/mol. The van der Waals surface area contributed by atoms with E-state index in [1.54, 1.807) is 0 Å². The summed E-state index contributed by atoms with van der Waals surface area (Å²) >= 11 is 0. The van der Waals surface area contributed by atoms with Crippen LogP contribution in [0.25, 0.3) is 0 Å². The zero-order chi connectivity index (χ0) is 20.5. The van der Waals surface area contributed by atoms with Crippen molar-refractivity contribution in [2.75, 3.05) is 26.2 Å². The maximum absolute atomic E-state index is 13.4. The number of rotatable bonds is 7. The highest BCUT2D eigenvalue weighted by molar-refractivity contribution is 6.07. The van der Waals surface area contributed by atoms with Gasteiger partial charge in [0.1, 0.15) is 5.54 Å². The molecule has 0 radical (unpaired) electrons. The molecular formula is C21H35N5O2. The van der Waals surface area contributed by atoms with E-state index in [9.17, 15) is 9.59 Å². The number of likely N-dealkylation sites (tertiary alicyclic amines) is 1. The Balaban J connectivity index is 1.74. The fourth-order valence-corrected chi connectivity index (χ4v) is 4.38. The Hall–Kier alpha value is -1.89. The van der Waals surface area contributed by atoms with Crippen molar-refractivity contribution >= 4 is 11.9 Å². The molecule has 0 aromatic carbocycles. The quantitative estimate of drug-likeness (QED) is 0.673. The Bertz CT molecular complexity index is 703. The molecule has 0 N–H and O–H groups in total. The predicted octanol–water partition coefficient (Wildman–Crippen LogP) is 2.72. The van der Waals surface area contributed by atoms with Gasteiger partial charge >= 0.3 is 6.03 Å². The monoisotopic (exact) mass is 389 g/mol. The van der Waals surface area contributed by atoms with Crippen LogP contribution in [0, 0.1) is 11.8 Å². The SMILES string of the molecule is CC(C)CCN1C(=O)N(CC(C)C)C(=O)C12CCN(Cc1cnn(C)c1)CC2. The number of piperidine rings is 1. The van der Waals surface area contributed by atoms with Gasteiger partial charge in [-0.05, 0) is 31.1 Å². The van der Waals surface area contributed by atoms with Gasteiger partial charge in [0.25, 0.3) is 5.91 Å². The Labute approximate surface area is 168 Å². The molecule has 0 atom stereocenters. The van der Waals surface area contributed by atoms with Crippen LogP contribution in [0.3, 0.4) is 0 Å². The highest BCUT2D eigenvalue weighted by Crippen LogP contribution is 2.38. The van der Waals surface area contributed by atoms with Crippen molar-refractivity contribution in [1.82, 2.24) is 24.5 Å². The number of hydrogen-bond donors (Lipinski definition) is 0. The van der Waals surface area contributed by atoms with E-state index >= 15 is 0 Å². The largest absolute Gasteiger partial charge is 0.327 e. The highest BCUT2D eigenvalue weighted by atomic mass is 16.2. The Kier molecular flexibility index (Phi) is 6.12. The molecule has 3 rings (SSSR count). The third-order valence-electron chi connectivity index (χ3n) is 5.95. The van der Waals surface area contributed by atoms with Gasteiger partial charge in [0.05, 0.1) is 6.20 Å². The summed E-state index contributed by atoms with van der Waals surface area (Å²) in [4.78, 5) is 32.3. The summed E-state index contributed by atoms with van der Waals surface area (Å²) in [5, 5.41) is 4.24. The fourth-order valence-electron chi connectivity index (χ4n) is 4.38. The number of carbonyl (C=O) groups is 2. The van der Waals surface area contributed by atoms with Crippen LogP contribution in [0.1, 0.15) is 52.5 Å². The van der Waals surface area contributed by atoms with Crippen LogP contribution in [0.5, 0.6) is 0 Å². The minimum Gasteiger partial charge on any atom is -0.309 e. The molecule has 7 heteroatoms. The molecule has 1 spiro atoms. The molecule has 3 heterocycles.